The Morgan fingerprint density at radius 1 is 1.33 bits per heavy atom. The Bertz CT molecular complexity index is 343. The van der Waals surface area contributed by atoms with Crippen molar-refractivity contribution < 1.29 is 0 Å². The number of rotatable bonds is 4. The maximum Gasteiger partial charge on any atom is 0.0534 e. The molecule has 2 atom stereocenters. The highest BCUT2D eigenvalue weighted by Crippen LogP contribution is 2.09. The van der Waals surface area contributed by atoms with E-state index in [0.29, 0.717) is 12.1 Å². The summed E-state index contributed by atoms with van der Waals surface area (Å²) in [6.07, 6.45) is 5.33. The number of piperazine rings is 1. The second-order valence-corrected chi connectivity index (χ2v) is 5.27. The first-order chi connectivity index (χ1) is 8.17. The fourth-order valence-corrected chi connectivity index (χ4v) is 2.67. The van der Waals surface area contributed by atoms with Gasteiger partial charge in [0.05, 0.1) is 6.20 Å². The smallest absolute Gasteiger partial charge is 0.0534 e. The van der Waals surface area contributed by atoms with E-state index in [1.165, 1.54) is 5.56 Å². The number of nitrogens with zero attached hydrogens (tertiary/aromatic N) is 3. The fraction of sp³-hybridized carbons (Fsp3) is 0.769. The van der Waals surface area contributed by atoms with Crippen molar-refractivity contribution in [3.63, 3.8) is 0 Å². The average Bonchev–Trinajstić information content (AvgIpc) is 2.64. The first-order valence-electron chi connectivity index (χ1n) is 6.67. The van der Waals surface area contributed by atoms with Gasteiger partial charge in [0.1, 0.15) is 0 Å². The lowest BCUT2D eigenvalue weighted by atomic mass is 10.1. The summed E-state index contributed by atoms with van der Waals surface area (Å²) >= 11 is 0. The normalized spacial score (nSPS) is 24.8. The number of hydrogen-bond acceptors (Lipinski definition) is 3. The molecule has 0 saturated carbocycles. The van der Waals surface area contributed by atoms with Crippen molar-refractivity contribution in [1.82, 2.24) is 20.0 Å². The summed E-state index contributed by atoms with van der Waals surface area (Å²) < 4.78 is 2.05. The lowest BCUT2D eigenvalue weighted by molar-refractivity contribution is 0.166. The second kappa shape index (κ2) is 7.12. The van der Waals surface area contributed by atoms with Crippen LogP contribution in [0.1, 0.15) is 32.8 Å². The van der Waals surface area contributed by atoms with Crippen molar-refractivity contribution in [3.8, 4) is 0 Å². The highest BCUT2D eigenvalue weighted by Gasteiger charge is 2.20. The summed E-state index contributed by atoms with van der Waals surface area (Å²) in [7, 11) is 0. The maximum absolute atomic E-state index is 4.38. The van der Waals surface area contributed by atoms with E-state index < -0.39 is 0 Å². The van der Waals surface area contributed by atoms with Crippen molar-refractivity contribution in [2.24, 2.45) is 0 Å². The number of hydrogen-bond donors (Lipinski definition) is 1. The second-order valence-electron chi connectivity index (χ2n) is 5.27. The van der Waals surface area contributed by atoms with E-state index >= 15 is 0 Å². The van der Waals surface area contributed by atoms with Gasteiger partial charge in [-0.05, 0) is 20.3 Å². The Kier molecular flexibility index (Phi) is 6.12. The molecule has 1 N–H and O–H groups in total. The number of aryl methyl sites for hydroxylation is 1. The third-order valence-corrected chi connectivity index (χ3v) is 3.18. The monoisotopic (exact) mass is 272 g/mol. The molecule has 1 aromatic rings. The molecule has 0 bridgehead atoms. The van der Waals surface area contributed by atoms with Crippen molar-refractivity contribution in [2.75, 3.05) is 13.1 Å². The van der Waals surface area contributed by atoms with Gasteiger partial charge in [0.15, 0.2) is 0 Å². The third kappa shape index (κ3) is 4.26. The molecule has 2 rings (SSSR count). The van der Waals surface area contributed by atoms with Crippen LogP contribution in [0.25, 0.3) is 0 Å². The van der Waals surface area contributed by atoms with Gasteiger partial charge in [0, 0.05) is 50.0 Å². The first-order valence-corrected chi connectivity index (χ1v) is 6.67. The van der Waals surface area contributed by atoms with Crippen molar-refractivity contribution >= 4 is 12.4 Å². The molecule has 1 saturated heterocycles. The SMILES string of the molecule is CCCn1cc(CN2CC(C)NC(C)C2)cn1.Cl. The lowest BCUT2D eigenvalue weighted by Gasteiger charge is -2.35. The molecule has 0 aliphatic carbocycles. The number of nitrogens with one attached hydrogen (secondary N) is 1. The molecule has 0 amide bonds. The zero-order chi connectivity index (χ0) is 12.3. The third-order valence-electron chi connectivity index (χ3n) is 3.18. The molecule has 2 heterocycles. The molecule has 104 valence electrons. The molecule has 0 radical (unpaired) electrons. The predicted octanol–water partition coefficient (Wildman–Crippen LogP) is 1.90. The largest absolute Gasteiger partial charge is 0.309 e. The molecule has 2 unspecified atom stereocenters. The van der Waals surface area contributed by atoms with Crippen LogP contribution in [0.15, 0.2) is 12.4 Å². The van der Waals surface area contributed by atoms with Gasteiger partial charge in [-0.25, -0.2) is 0 Å². The summed E-state index contributed by atoms with van der Waals surface area (Å²) in [6, 6.07) is 1.17. The quantitative estimate of drug-likeness (QED) is 0.909. The van der Waals surface area contributed by atoms with Gasteiger partial charge in [-0.1, -0.05) is 6.92 Å². The highest BCUT2D eigenvalue weighted by molar-refractivity contribution is 5.85. The van der Waals surface area contributed by atoms with Gasteiger partial charge in [-0.15, -0.1) is 12.4 Å². The minimum absolute atomic E-state index is 0. The standard InChI is InChI=1S/C13H24N4.ClH/c1-4-5-17-10-13(6-14-17)9-16-7-11(2)15-12(3)8-16;/h6,10-12,15H,4-5,7-9H2,1-3H3;1H. The van der Waals surface area contributed by atoms with E-state index in [1.54, 1.807) is 0 Å². The van der Waals surface area contributed by atoms with E-state index in [9.17, 15) is 0 Å². The molecule has 1 aliphatic heterocycles. The lowest BCUT2D eigenvalue weighted by Crippen LogP contribution is -2.53. The van der Waals surface area contributed by atoms with Crippen LogP contribution in [0.5, 0.6) is 0 Å². The molecule has 4 nitrogen and oxygen atoms in total. The average molecular weight is 273 g/mol. The Hall–Kier alpha value is -0.580. The topological polar surface area (TPSA) is 33.1 Å². The Balaban J connectivity index is 0.00000162. The van der Waals surface area contributed by atoms with Crippen LogP contribution >= 0.6 is 12.4 Å². The van der Waals surface area contributed by atoms with Crippen LogP contribution < -0.4 is 5.32 Å². The summed E-state index contributed by atoms with van der Waals surface area (Å²) in [5.41, 5.74) is 1.33. The minimum Gasteiger partial charge on any atom is -0.309 e. The van der Waals surface area contributed by atoms with E-state index in [4.69, 9.17) is 0 Å². The minimum atomic E-state index is 0. The Morgan fingerprint density at radius 2 is 2.00 bits per heavy atom. The molecule has 0 spiro atoms. The zero-order valence-electron chi connectivity index (χ0n) is 11.6. The van der Waals surface area contributed by atoms with Crippen molar-refractivity contribution in [1.29, 1.82) is 0 Å². The van der Waals surface area contributed by atoms with Gasteiger partial charge in [-0.2, -0.15) is 5.10 Å². The zero-order valence-corrected chi connectivity index (χ0v) is 12.4. The summed E-state index contributed by atoms with van der Waals surface area (Å²) in [4.78, 5) is 2.51. The van der Waals surface area contributed by atoms with Crippen LogP contribution in [-0.4, -0.2) is 39.9 Å². The molecule has 1 fully saturated rings. The van der Waals surface area contributed by atoms with Gasteiger partial charge in [0.25, 0.3) is 0 Å². The van der Waals surface area contributed by atoms with Crippen LogP contribution in [0.3, 0.4) is 0 Å². The molecule has 1 aromatic heterocycles. The summed E-state index contributed by atoms with van der Waals surface area (Å²) in [6.45, 7) is 11.0. The maximum atomic E-state index is 4.38. The van der Waals surface area contributed by atoms with Gasteiger partial charge >= 0.3 is 0 Å². The summed E-state index contributed by atoms with van der Waals surface area (Å²) in [5, 5.41) is 7.94. The fourth-order valence-electron chi connectivity index (χ4n) is 2.67. The van der Waals surface area contributed by atoms with Crippen LogP contribution in [0.2, 0.25) is 0 Å². The predicted molar refractivity (Wildman–Crippen MR) is 77.1 cm³/mol. The first kappa shape index (κ1) is 15.5. The van der Waals surface area contributed by atoms with Crippen LogP contribution in [0.4, 0.5) is 0 Å². The van der Waals surface area contributed by atoms with E-state index in [2.05, 4.69) is 42.3 Å². The van der Waals surface area contributed by atoms with Gasteiger partial charge < -0.3 is 5.32 Å². The molecular formula is C13H25ClN4. The number of aromatic nitrogens is 2. The van der Waals surface area contributed by atoms with Crippen molar-refractivity contribution in [3.05, 3.63) is 18.0 Å². The van der Waals surface area contributed by atoms with E-state index in [-0.39, 0.29) is 12.4 Å². The van der Waals surface area contributed by atoms with Crippen LogP contribution in [0, 0.1) is 0 Å². The van der Waals surface area contributed by atoms with Crippen LogP contribution in [-0.2, 0) is 13.1 Å². The van der Waals surface area contributed by atoms with Crippen molar-refractivity contribution in [2.45, 2.75) is 52.4 Å². The van der Waals surface area contributed by atoms with Gasteiger partial charge in [0.2, 0.25) is 0 Å². The number of halogens is 1. The highest BCUT2D eigenvalue weighted by atomic mass is 35.5. The molecule has 0 aromatic carbocycles. The summed E-state index contributed by atoms with van der Waals surface area (Å²) in [5.74, 6) is 0. The molecule has 1 aliphatic rings. The molecule has 18 heavy (non-hydrogen) atoms. The van der Waals surface area contributed by atoms with Gasteiger partial charge in [-0.3, -0.25) is 9.58 Å². The molecule has 5 heteroatoms. The Morgan fingerprint density at radius 3 is 2.61 bits per heavy atom. The Labute approximate surface area is 116 Å². The van der Waals surface area contributed by atoms with E-state index in [1.807, 2.05) is 10.9 Å². The molecular weight excluding hydrogens is 248 g/mol. The van der Waals surface area contributed by atoms with E-state index in [0.717, 1.165) is 32.6 Å².